The summed E-state index contributed by atoms with van der Waals surface area (Å²) in [6.45, 7) is 5.01. The highest BCUT2D eigenvalue weighted by atomic mass is 32.2. The molecule has 1 atom stereocenters. The SMILES string of the molecule is Cc1cc(S(=O)(=O)N2CCC(C)C2)sc1CO. The van der Waals surface area contributed by atoms with E-state index in [4.69, 9.17) is 5.11 Å². The van der Waals surface area contributed by atoms with Gasteiger partial charge in [0.15, 0.2) is 0 Å². The minimum Gasteiger partial charge on any atom is -0.391 e. The Morgan fingerprint density at radius 2 is 2.29 bits per heavy atom. The minimum absolute atomic E-state index is 0.0948. The molecule has 17 heavy (non-hydrogen) atoms. The highest BCUT2D eigenvalue weighted by Gasteiger charge is 2.32. The summed E-state index contributed by atoms with van der Waals surface area (Å²) in [5.74, 6) is 0.433. The van der Waals surface area contributed by atoms with Crippen LogP contribution in [0.5, 0.6) is 0 Å². The fraction of sp³-hybridized carbons (Fsp3) is 0.636. The molecule has 0 aromatic carbocycles. The third kappa shape index (κ3) is 2.40. The predicted molar refractivity (Wildman–Crippen MR) is 67.5 cm³/mol. The molecule has 1 aromatic rings. The smallest absolute Gasteiger partial charge is 0.252 e. The van der Waals surface area contributed by atoms with Crippen molar-refractivity contribution in [2.75, 3.05) is 13.1 Å². The quantitative estimate of drug-likeness (QED) is 0.911. The Morgan fingerprint density at radius 3 is 2.76 bits per heavy atom. The van der Waals surface area contributed by atoms with E-state index in [0.29, 0.717) is 23.2 Å². The highest BCUT2D eigenvalue weighted by molar-refractivity contribution is 7.91. The molecule has 1 aromatic heterocycles. The first kappa shape index (κ1) is 13.0. The Hall–Kier alpha value is -0.430. The summed E-state index contributed by atoms with van der Waals surface area (Å²) in [4.78, 5) is 0.732. The monoisotopic (exact) mass is 275 g/mol. The van der Waals surface area contributed by atoms with Crippen molar-refractivity contribution in [3.8, 4) is 0 Å². The van der Waals surface area contributed by atoms with Crippen LogP contribution in [0.1, 0.15) is 23.8 Å². The van der Waals surface area contributed by atoms with Gasteiger partial charge in [-0.15, -0.1) is 11.3 Å². The van der Waals surface area contributed by atoms with Crippen molar-refractivity contribution in [1.82, 2.24) is 4.31 Å². The van der Waals surface area contributed by atoms with Crippen molar-refractivity contribution in [3.05, 3.63) is 16.5 Å². The van der Waals surface area contributed by atoms with Crippen molar-refractivity contribution < 1.29 is 13.5 Å². The summed E-state index contributed by atoms with van der Waals surface area (Å²) in [7, 11) is -3.34. The molecule has 0 radical (unpaired) electrons. The van der Waals surface area contributed by atoms with Crippen LogP contribution in [0, 0.1) is 12.8 Å². The van der Waals surface area contributed by atoms with Crippen LogP contribution in [0.15, 0.2) is 10.3 Å². The summed E-state index contributed by atoms with van der Waals surface area (Å²) in [5.41, 5.74) is 0.850. The van der Waals surface area contributed by atoms with Gasteiger partial charge in [0.25, 0.3) is 10.0 Å². The van der Waals surface area contributed by atoms with E-state index in [1.54, 1.807) is 10.4 Å². The van der Waals surface area contributed by atoms with Crippen LogP contribution in [-0.4, -0.2) is 30.9 Å². The largest absolute Gasteiger partial charge is 0.391 e. The third-order valence-corrected chi connectivity index (χ3v) is 6.66. The lowest BCUT2D eigenvalue weighted by atomic mass is 10.2. The molecule has 1 fully saturated rings. The molecule has 1 saturated heterocycles. The molecule has 1 unspecified atom stereocenters. The summed E-state index contributed by atoms with van der Waals surface area (Å²) in [6.07, 6.45) is 0.927. The van der Waals surface area contributed by atoms with Crippen LogP contribution in [-0.2, 0) is 16.6 Å². The van der Waals surface area contributed by atoms with Crippen LogP contribution in [0.3, 0.4) is 0 Å². The topological polar surface area (TPSA) is 57.6 Å². The number of thiophene rings is 1. The molecule has 1 aliphatic rings. The van der Waals surface area contributed by atoms with E-state index in [0.717, 1.165) is 16.9 Å². The number of aliphatic hydroxyl groups excluding tert-OH is 1. The molecular weight excluding hydrogens is 258 g/mol. The molecule has 0 saturated carbocycles. The lowest BCUT2D eigenvalue weighted by Gasteiger charge is -2.14. The van der Waals surface area contributed by atoms with Crippen molar-refractivity contribution in [2.45, 2.75) is 31.1 Å². The molecule has 0 amide bonds. The first-order valence-corrected chi connectivity index (χ1v) is 7.91. The molecule has 6 heteroatoms. The van der Waals surface area contributed by atoms with E-state index in [2.05, 4.69) is 6.92 Å². The Balaban J connectivity index is 2.31. The average Bonchev–Trinajstić information content (AvgIpc) is 2.85. The molecule has 1 N–H and O–H groups in total. The van der Waals surface area contributed by atoms with Crippen LogP contribution in [0.2, 0.25) is 0 Å². The molecule has 96 valence electrons. The number of aliphatic hydroxyl groups is 1. The van der Waals surface area contributed by atoms with E-state index < -0.39 is 10.0 Å². The number of aryl methyl sites for hydroxylation is 1. The molecule has 1 aliphatic heterocycles. The van der Waals surface area contributed by atoms with Gasteiger partial charge in [0.05, 0.1) is 6.61 Å². The lowest BCUT2D eigenvalue weighted by molar-refractivity contribution is 0.285. The fourth-order valence-electron chi connectivity index (χ4n) is 2.01. The molecule has 2 rings (SSSR count). The average molecular weight is 275 g/mol. The zero-order valence-corrected chi connectivity index (χ0v) is 11.6. The predicted octanol–water partition coefficient (Wildman–Crippen LogP) is 1.58. The molecule has 0 bridgehead atoms. The van der Waals surface area contributed by atoms with E-state index in [1.165, 1.54) is 11.3 Å². The Morgan fingerprint density at radius 1 is 1.59 bits per heavy atom. The van der Waals surface area contributed by atoms with Crippen LogP contribution in [0.4, 0.5) is 0 Å². The van der Waals surface area contributed by atoms with Gasteiger partial charge in [0, 0.05) is 18.0 Å². The number of hydrogen-bond acceptors (Lipinski definition) is 4. The summed E-state index contributed by atoms with van der Waals surface area (Å²) < 4.78 is 26.5. The zero-order valence-electron chi connectivity index (χ0n) is 10.0. The Labute approximate surface area is 106 Å². The van der Waals surface area contributed by atoms with E-state index in [1.807, 2.05) is 6.92 Å². The van der Waals surface area contributed by atoms with Gasteiger partial charge >= 0.3 is 0 Å². The van der Waals surface area contributed by atoms with Gasteiger partial charge in [-0.1, -0.05) is 6.92 Å². The van der Waals surface area contributed by atoms with Gasteiger partial charge in [-0.3, -0.25) is 0 Å². The molecular formula is C11H17NO3S2. The zero-order chi connectivity index (χ0) is 12.6. The minimum atomic E-state index is -3.34. The molecule has 0 aliphatic carbocycles. The fourth-order valence-corrected chi connectivity index (χ4v) is 5.19. The summed E-state index contributed by atoms with van der Waals surface area (Å²) in [5, 5.41) is 9.11. The Bertz CT molecular complexity index is 507. The highest BCUT2D eigenvalue weighted by Crippen LogP contribution is 2.31. The van der Waals surface area contributed by atoms with Gasteiger partial charge in [0.2, 0.25) is 0 Å². The second-order valence-corrected chi connectivity index (χ2v) is 7.89. The van der Waals surface area contributed by atoms with E-state index in [9.17, 15) is 8.42 Å². The van der Waals surface area contributed by atoms with Gasteiger partial charge in [-0.25, -0.2) is 8.42 Å². The second kappa shape index (κ2) is 4.68. The van der Waals surface area contributed by atoms with Gasteiger partial charge in [-0.05, 0) is 30.9 Å². The van der Waals surface area contributed by atoms with E-state index >= 15 is 0 Å². The molecule has 2 heterocycles. The maximum absolute atomic E-state index is 12.3. The molecule has 4 nitrogen and oxygen atoms in total. The standard InChI is InChI=1S/C11H17NO3S2/c1-8-3-4-12(6-8)17(14,15)11-5-9(2)10(7-13)16-11/h5,8,13H,3-4,6-7H2,1-2H3. The summed E-state index contributed by atoms with van der Waals surface area (Å²) >= 11 is 1.17. The van der Waals surface area contributed by atoms with Crippen molar-refractivity contribution in [2.24, 2.45) is 5.92 Å². The maximum Gasteiger partial charge on any atom is 0.252 e. The van der Waals surface area contributed by atoms with E-state index in [-0.39, 0.29) is 6.61 Å². The maximum atomic E-state index is 12.3. The lowest BCUT2D eigenvalue weighted by Crippen LogP contribution is -2.28. The van der Waals surface area contributed by atoms with Crippen molar-refractivity contribution in [1.29, 1.82) is 0 Å². The second-order valence-electron chi connectivity index (χ2n) is 4.59. The first-order chi connectivity index (χ1) is 7.95. The number of rotatable bonds is 3. The van der Waals surface area contributed by atoms with Gasteiger partial charge in [-0.2, -0.15) is 4.31 Å². The van der Waals surface area contributed by atoms with Crippen LogP contribution < -0.4 is 0 Å². The number of sulfonamides is 1. The van der Waals surface area contributed by atoms with Crippen molar-refractivity contribution >= 4 is 21.4 Å². The van der Waals surface area contributed by atoms with Gasteiger partial charge < -0.3 is 5.11 Å². The number of hydrogen-bond donors (Lipinski definition) is 1. The number of nitrogens with zero attached hydrogens (tertiary/aromatic N) is 1. The first-order valence-electron chi connectivity index (χ1n) is 5.65. The van der Waals surface area contributed by atoms with Crippen molar-refractivity contribution in [3.63, 3.8) is 0 Å². The third-order valence-electron chi connectivity index (χ3n) is 3.12. The molecule has 0 spiro atoms. The van der Waals surface area contributed by atoms with Crippen LogP contribution in [0.25, 0.3) is 0 Å². The summed E-state index contributed by atoms with van der Waals surface area (Å²) in [6, 6.07) is 1.66. The van der Waals surface area contributed by atoms with Crippen LogP contribution >= 0.6 is 11.3 Å². The normalized spacial score (nSPS) is 22.2. The van der Waals surface area contributed by atoms with Gasteiger partial charge in [0.1, 0.15) is 4.21 Å². The Kier molecular flexibility index (Phi) is 3.58.